The first kappa shape index (κ1) is 9.73. The summed E-state index contributed by atoms with van der Waals surface area (Å²) in [6.45, 7) is 0.411. The van der Waals surface area contributed by atoms with E-state index in [1.54, 1.807) is 0 Å². The Labute approximate surface area is 77.3 Å². The molecule has 0 saturated heterocycles. The van der Waals surface area contributed by atoms with Gasteiger partial charge in [0.15, 0.2) is 5.04 Å². The van der Waals surface area contributed by atoms with Crippen LogP contribution in [0.2, 0.25) is 0 Å². The van der Waals surface area contributed by atoms with Gasteiger partial charge in [0.05, 0.1) is 4.92 Å². The second kappa shape index (κ2) is 3.57. The molecule has 68 valence electrons. The summed E-state index contributed by atoms with van der Waals surface area (Å²) in [4.78, 5) is 12.6. The van der Waals surface area contributed by atoms with E-state index >= 15 is 0 Å². The average molecular weight is 213 g/mol. The van der Waals surface area contributed by atoms with Gasteiger partial charge >= 0.3 is 5.25 Å². The Morgan fingerprint density at radius 3 is 2.92 bits per heavy atom. The molecular weight excluding hydrogens is 207 g/mol. The summed E-state index contributed by atoms with van der Waals surface area (Å²) in [6, 6.07) is 0. The van der Waals surface area contributed by atoms with Crippen LogP contribution >= 0.6 is 23.4 Å². The van der Waals surface area contributed by atoms with E-state index in [2.05, 4.69) is 4.99 Å². The Morgan fingerprint density at radius 2 is 2.50 bits per heavy atom. The van der Waals surface area contributed by atoms with E-state index in [4.69, 9.17) is 11.6 Å². The van der Waals surface area contributed by atoms with Crippen LogP contribution < -0.4 is 0 Å². The molecule has 1 unspecified atom stereocenters. The molecule has 4 nitrogen and oxygen atoms in total. The molecule has 1 heterocycles. The summed E-state index contributed by atoms with van der Waals surface area (Å²) in [5.74, 6) is 0.630. The molecule has 0 aromatic rings. The number of hydrogen-bond acceptors (Lipinski definition) is 4. The van der Waals surface area contributed by atoms with E-state index in [9.17, 15) is 14.5 Å². The zero-order chi connectivity index (χ0) is 9.19. The van der Waals surface area contributed by atoms with Crippen molar-refractivity contribution in [2.24, 2.45) is 4.99 Å². The number of alkyl halides is 2. The number of nitrogens with zero attached hydrogens (tertiary/aromatic N) is 2. The van der Waals surface area contributed by atoms with Gasteiger partial charge < -0.3 is 0 Å². The van der Waals surface area contributed by atoms with Gasteiger partial charge in [-0.05, 0) is 6.42 Å². The van der Waals surface area contributed by atoms with Crippen LogP contribution in [0.5, 0.6) is 0 Å². The van der Waals surface area contributed by atoms with Crippen LogP contribution in [0.4, 0.5) is 4.39 Å². The zero-order valence-corrected chi connectivity index (χ0v) is 7.57. The number of thioether (sulfide) groups is 1. The van der Waals surface area contributed by atoms with Crippen molar-refractivity contribution >= 4 is 28.4 Å². The van der Waals surface area contributed by atoms with Gasteiger partial charge in [-0.2, -0.15) is 0 Å². The highest BCUT2D eigenvalue weighted by Gasteiger charge is 2.48. The molecule has 0 radical (unpaired) electrons. The van der Waals surface area contributed by atoms with Crippen LogP contribution in [0.3, 0.4) is 0 Å². The number of nitro groups is 1. The molecular formula is C5H6ClFN2O2S. The van der Waals surface area contributed by atoms with Crippen LogP contribution in [0.25, 0.3) is 0 Å². The quantitative estimate of drug-likeness (QED) is 0.303. The maximum Gasteiger partial charge on any atom is 0.487 e. The van der Waals surface area contributed by atoms with Crippen LogP contribution in [-0.2, 0) is 0 Å². The van der Waals surface area contributed by atoms with Crippen molar-refractivity contribution in [1.82, 2.24) is 0 Å². The van der Waals surface area contributed by atoms with E-state index in [1.165, 1.54) is 0 Å². The summed E-state index contributed by atoms with van der Waals surface area (Å²) >= 11 is 6.03. The van der Waals surface area contributed by atoms with Gasteiger partial charge in [0.1, 0.15) is 0 Å². The fourth-order valence-electron chi connectivity index (χ4n) is 0.720. The fourth-order valence-corrected chi connectivity index (χ4v) is 1.84. The van der Waals surface area contributed by atoms with E-state index in [-0.39, 0.29) is 5.04 Å². The number of rotatable bonds is 2. The Balaban J connectivity index is 2.79. The third-order valence-electron chi connectivity index (χ3n) is 1.28. The molecule has 1 atom stereocenters. The molecule has 0 N–H and O–H groups in total. The number of aliphatic imine (C=N–C) groups is 1. The average Bonchev–Trinajstić information content (AvgIpc) is 2.06. The SMILES string of the molecule is O=[N+]([O-])C(F)(Cl)C1=NCCCS1. The van der Waals surface area contributed by atoms with Crippen molar-refractivity contribution in [1.29, 1.82) is 0 Å². The highest BCUT2D eigenvalue weighted by atomic mass is 35.5. The van der Waals surface area contributed by atoms with Gasteiger partial charge in [0.25, 0.3) is 0 Å². The molecule has 1 aliphatic rings. The Morgan fingerprint density at radius 1 is 1.83 bits per heavy atom. The first-order valence-electron chi connectivity index (χ1n) is 3.25. The van der Waals surface area contributed by atoms with Crippen molar-refractivity contribution in [3.8, 4) is 0 Å². The molecule has 0 fully saturated rings. The van der Waals surface area contributed by atoms with Crippen molar-refractivity contribution in [3.05, 3.63) is 10.1 Å². The maximum atomic E-state index is 13.0. The lowest BCUT2D eigenvalue weighted by Gasteiger charge is -2.14. The predicted octanol–water partition coefficient (Wildman–Crippen LogP) is 1.66. The lowest BCUT2D eigenvalue weighted by Crippen LogP contribution is -2.35. The molecule has 12 heavy (non-hydrogen) atoms. The molecule has 0 saturated carbocycles. The number of hydrogen-bond donors (Lipinski definition) is 0. The molecule has 0 aromatic carbocycles. The summed E-state index contributed by atoms with van der Waals surface area (Å²) in [5, 5.41) is 6.87. The van der Waals surface area contributed by atoms with Crippen molar-refractivity contribution in [2.75, 3.05) is 12.3 Å². The molecule has 0 aliphatic carbocycles. The van der Waals surface area contributed by atoms with E-state index in [1.807, 2.05) is 0 Å². The monoisotopic (exact) mass is 212 g/mol. The summed E-state index contributed by atoms with van der Waals surface area (Å²) in [7, 11) is 0. The minimum absolute atomic E-state index is 0.236. The van der Waals surface area contributed by atoms with Crippen LogP contribution in [-0.4, -0.2) is 27.5 Å². The molecule has 0 bridgehead atoms. The molecule has 0 amide bonds. The minimum Gasteiger partial charge on any atom is -0.272 e. The van der Waals surface area contributed by atoms with Crippen LogP contribution in [0, 0.1) is 10.1 Å². The van der Waals surface area contributed by atoms with Gasteiger partial charge in [-0.3, -0.25) is 15.1 Å². The van der Waals surface area contributed by atoms with Gasteiger partial charge in [0, 0.05) is 23.9 Å². The highest BCUT2D eigenvalue weighted by molar-refractivity contribution is 8.14. The van der Waals surface area contributed by atoms with Crippen LogP contribution in [0.1, 0.15) is 6.42 Å². The zero-order valence-electron chi connectivity index (χ0n) is 6.00. The molecule has 1 aliphatic heterocycles. The van der Waals surface area contributed by atoms with Crippen LogP contribution in [0.15, 0.2) is 4.99 Å². The summed E-state index contributed by atoms with van der Waals surface area (Å²) in [6.07, 6.45) is 0.804. The first-order chi connectivity index (χ1) is 5.55. The lowest BCUT2D eigenvalue weighted by molar-refractivity contribution is -0.550. The van der Waals surface area contributed by atoms with Crippen molar-refractivity contribution < 1.29 is 9.31 Å². The molecule has 0 aromatic heterocycles. The topological polar surface area (TPSA) is 55.5 Å². The summed E-state index contributed by atoms with van der Waals surface area (Å²) < 4.78 is 13.0. The van der Waals surface area contributed by atoms with Gasteiger partial charge in [-0.25, -0.2) is 0 Å². The fraction of sp³-hybridized carbons (Fsp3) is 0.800. The first-order valence-corrected chi connectivity index (χ1v) is 4.61. The van der Waals surface area contributed by atoms with Crippen molar-refractivity contribution in [2.45, 2.75) is 11.7 Å². The lowest BCUT2D eigenvalue weighted by atomic mass is 10.5. The smallest absolute Gasteiger partial charge is 0.272 e. The Hall–Kier alpha value is -0.360. The second-order valence-electron chi connectivity index (χ2n) is 2.19. The largest absolute Gasteiger partial charge is 0.487 e. The maximum absolute atomic E-state index is 13.0. The van der Waals surface area contributed by atoms with Gasteiger partial charge in [-0.15, -0.1) is 4.39 Å². The standard InChI is InChI=1S/C5H6ClFN2O2S/c6-5(7,9(10)11)4-8-2-1-3-12-4/h1-3H2. The third kappa shape index (κ3) is 1.87. The molecule has 0 spiro atoms. The Kier molecular flexibility index (Phi) is 2.89. The van der Waals surface area contributed by atoms with E-state index < -0.39 is 10.2 Å². The Bertz CT molecular complexity index is 233. The normalized spacial score (nSPS) is 22.7. The second-order valence-corrected chi connectivity index (χ2v) is 3.77. The van der Waals surface area contributed by atoms with Gasteiger partial charge in [-0.1, -0.05) is 11.8 Å². The third-order valence-corrected chi connectivity index (χ3v) is 2.88. The summed E-state index contributed by atoms with van der Waals surface area (Å²) in [5.41, 5.74) is 0. The molecule has 7 heteroatoms. The van der Waals surface area contributed by atoms with Crippen molar-refractivity contribution in [3.63, 3.8) is 0 Å². The van der Waals surface area contributed by atoms with Gasteiger partial charge in [0.2, 0.25) is 0 Å². The van der Waals surface area contributed by atoms with E-state index in [0.29, 0.717) is 12.3 Å². The number of halogens is 2. The molecule has 1 rings (SSSR count). The minimum atomic E-state index is -3.02. The highest BCUT2D eigenvalue weighted by Crippen LogP contribution is 2.29. The van der Waals surface area contributed by atoms with E-state index in [0.717, 1.165) is 18.2 Å². The predicted molar refractivity (Wildman–Crippen MR) is 46.1 cm³/mol.